The number of nitrogen functional groups attached to an aromatic ring is 1. The number of hydrogen-bond acceptors (Lipinski definition) is 8. The van der Waals surface area contributed by atoms with Crippen molar-refractivity contribution >= 4 is 11.9 Å². The molecule has 2 aromatic heterocycles. The number of hydrogen-bond donors (Lipinski definition) is 2. The Morgan fingerprint density at radius 3 is 2.90 bits per heavy atom. The fourth-order valence-electron chi connectivity index (χ4n) is 1.64. The van der Waals surface area contributed by atoms with Crippen LogP contribution < -0.4 is 16.2 Å². The van der Waals surface area contributed by atoms with Crippen molar-refractivity contribution in [1.29, 1.82) is 5.26 Å². The van der Waals surface area contributed by atoms with Crippen LogP contribution in [-0.4, -0.2) is 37.6 Å². The number of nitrogens with one attached hydrogen (secondary N) is 1. The molecule has 0 radical (unpaired) electrons. The molecule has 2 heterocycles. The second kappa shape index (κ2) is 6.44. The zero-order valence-corrected chi connectivity index (χ0v) is 11.1. The van der Waals surface area contributed by atoms with Gasteiger partial charge < -0.3 is 4.90 Å². The van der Waals surface area contributed by atoms with Gasteiger partial charge in [-0.05, 0) is 6.92 Å². The smallest absolute Gasteiger partial charge is 0.243 e. The largest absolute Gasteiger partial charge is 0.340 e. The first-order chi connectivity index (χ1) is 9.78. The maximum atomic E-state index is 8.69. The van der Waals surface area contributed by atoms with Crippen molar-refractivity contribution in [3.05, 3.63) is 18.7 Å². The lowest BCUT2D eigenvalue weighted by Gasteiger charge is -2.20. The van der Waals surface area contributed by atoms with E-state index in [-0.39, 0.29) is 5.95 Å². The number of nitriles is 1. The van der Waals surface area contributed by atoms with E-state index in [0.29, 0.717) is 31.4 Å². The number of hydrazine groups is 1. The van der Waals surface area contributed by atoms with E-state index in [0.717, 1.165) is 0 Å². The number of rotatable bonds is 6. The fourth-order valence-corrected chi connectivity index (χ4v) is 1.64. The van der Waals surface area contributed by atoms with Crippen molar-refractivity contribution in [2.24, 2.45) is 5.84 Å². The van der Waals surface area contributed by atoms with Crippen molar-refractivity contribution in [2.45, 2.75) is 13.3 Å². The summed E-state index contributed by atoms with van der Waals surface area (Å²) in [6.07, 6.45) is 5.34. The number of aromatic nitrogens is 5. The van der Waals surface area contributed by atoms with Crippen molar-refractivity contribution < 1.29 is 0 Å². The standard InChI is InChI=1S/C11H15N9/c1-2-19(6-3-4-12)10-15-9(18-13)16-11(17-10)20-7-5-14-8-20/h5,7-8H,2-3,6,13H2,1H3,(H,15,16,17,18). The van der Waals surface area contributed by atoms with E-state index >= 15 is 0 Å². The summed E-state index contributed by atoms with van der Waals surface area (Å²) >= 11 is 0. The molecule has 3 N–H and O–H groups in total. The fraction of sp³-hybridized carbons (Fsp3) is 0.364. The SMILES string of the molecule is CCN(CCC#N)c1nc(NN)nc(-n2ccnc2)n1. The average molecular weight is 273 g/mol. The Hall–Kier alpha value is -2.73. The first-order valence-electron chi connectivity index (χ1n) is 6.11. The normalized spacial score (nSPS) is 10.1. The summed E-state index contributed by atoms with van der Waals surface area (Å²) in [5.41, 5.74) is 2.42. The van der Waals surface area contributed by atoms with E-state index in [1.54, 1.807) is 23.3 Å². The molecule has 0 spiro atoms. The molecule has 0 amide bonds. The van der Waals surface area contributed by atoms with Crippen LogP contribution in [0.25, 0.3) is 5.95 Å². The second-order valence-corrected chi connectivity index (χ2v) is 3.86. The van der Waals surface area contributed by atoms with Crippen LogP contribution in [0.5, 0.6) is 0 Å². The monoisotopic (exact) mass is 273 g/mol. The predicted molar refractivity (Wildman–Crippen MR) is 72.9 cm³/mol. The number of imidazole rings is 1. The second-order valence-electron chi connectivity index (χ2n) is 3.86. The third kappa shape index (κ3) is 2.99. The van der Waals surface area contributed by atoms with E-state index in [2.05, 4.69) is 31.4 Å². The first kappa shape index (κ1) is 13.7. The molecule has 0 saturated heterocycles. The Kier molecular flexibility index (Phi) is 4.41. The Morgan fingerprint density at radius 2 is 2.30 bits per heavy atom. The van der Waals surface area contributed by atoms with E-state index in [4.69, 9.17) is 11.1 Å². The van der Waals surface area contributed by atoms with Gasteiger partial charge >= 0.3 is 0 Å². The maximum absolute atomic E-state index is 8.69. The quantitative estimate of drug-likeness (QED) is 0.560. The molecule has 9 heteroatoms. The van der Waals surface area contributed by atoms with Crippen LogP contribution in [-0.2, 0) is 0 Å². The van der Waals surface area contributed by atoms with Crippen LogP contribution in [0.15, 0.2) is 18.7 Å². The zero-order chi connectivity index (χ0) is 14.4. The van der Waals surface area contributed by atoms with Gasteiger partial charge in [-0.1, -0.05) is 0 Å². The molecular weight excluding hydrogens is 258 g/mol. The summed E-state index contributed by atoms with van der Waals surface area (Å²) in [7, 11) is 0. The van der Waals surface area contributed by atoms with Gasteiger partial charge in [-0.25, -0.2) is 10.8 Å². The van der Waals surface area contributed by atoms with Gasteiger partial charge in [0, 0.05) is 25.5 Å². The Morgan fingerprint density at radius 1 is 1.45 bits per heavy atom. The van der Waals surface area contributed by atoms with Gasteiger partial charge in [-0.2, -0.15) is 20.2 Å². The molecule has 0 aliphatic carbocycles. The highest BCUT2D eigenvalue weighted by molar-refractivity contribution is 5.39. The summed E-state index contributed by atoms with van der Waals surface area (Å²) in [5, 5.41) is 8.69. The maximum Gasteiger partial charge on any atom is 0.243 e. The molecule has 20 heavy (non-hydrogen) atoms. The van der Waals surface area contributed by atoms with E-state index in [1.165, 1.54) is 0 Å². The topological polar surface area (TPSA) is 122 Å². The van der Waals surface area contributed by atoms with E-state index in [9.17, 15) is 0 Å². The molecule has 0 bridgehead atoms. The van der Waals surface area contributed by atoms with Crippen LogP contribution in [0.3, 0.4) is 0 Å². The molecule has 0 saturated carbocycles. The highest BCUT2D eigenvalue weighted by atomic mass is 15.4. The van der Waals surface area contributed by atoms with Gasteiger partial charge in [-0.3, -0.25) is 9.99 Å². The highest BCUT2D eigenvalue weighted by Gasteiger charge is 2.12. The molecule has 0 atom stereocenters. The van der Waals surface area contributed by atoms with Crippen molar-refractivity contribution in [3.63, 3.8) is 0 Å². The first-order valence-corrected chi connectivity index (χ1v) is 6.11. The minimum absolute atomic E-state index is 0.258. The molecular formula is C11H15N9. The summed E-state index contributed by atoms with van der Waals surface area (Å²) in [4.78, 5) is 18.6. The highest BCUT2D eigenvalue weighted by Crippen LogP contribution is 2.13. The summed E-state index contributed by atoms with van der Waals surface area (Å²) < 4.78 is 1.66. The van der Waals surface area contributed by atoms with E-state index < -0.39 is 0 Å². The molecule has 0 fully saturated rings. The number of nitrogens with two attached hydrogens (primary N) is 1. The van der Waals surface area contributed by atoms with Crippen LogP contribution in [0.1, 0.15) is 13.3 Å². The molecule has 9 nitrogen and oxygen atoms in total. The molecule has 0 aliphatic heterocycles. The van der Waals surface area contributed by atoms with Crippen molar-refractivity contribution in [2.75, 3.05) is 23.4 Å². The van der Waals surface area contributed by atoms with Crippen molar-refractivity contribution in [3.8, 4) is 12.0 Å². The van der Waals surface area contributed by atoms with Gasteiger partial charge in [0.25, 0.3) is 0 Å². The van der Waals surface area contributed by atoms with Gasteiger partial charge in [-0.15, -0.1) is 0 Å². The average Bonchev–Trinajstić information content (AvgIpc) is 3.02. The zero-order valence-electron chi connectivity index (χ0n) is 11.1. The lowest BCUT2D eigenvalue weighted by molar-refractivity contribution is 0.772. The summed E-state index contributed by atoms with van der Waals surface area (Å²) in [5.74, 6) is 6.52. The molecule has 104 valence electrons. The minimum atomic E-state index is 0.258. The molecule has 2 aromatic rings. The molecule has 0 unspecified atom stereocenters. The molecule has 0 aliphatic rings. The predicted octanol–water partition coefficient (Wildman–Crippen LogP) is 0.0829. The Balaban J connectivity index is 2.37. The molecule has 0 aromatic carbocycles. The van der Waals surface area contributed by atoms with Crippen LogP contribution in [0.4, 0.5) is 11.9 Å². The van der Waals surface area contributed by atoms with Crippen LogP contribution in [0, 0.1) is 11.3 Å². The number of nitrogens with zero attached hydrogens (tertiary/aromatic N) is 7. The Bertz CT molecular complexity index is 586. The summed E-state index contributed by atoms with van der Waals surface area (Å²) in [6, 6.07) is 2.10. The third-order valence-corrected chi connectivity index (χ3v) is 2.63. The lowest BCUT2D eigenvalue weighted by atomic mass is 10.4. The van der Waals surface area contributed by atoms with Crippen LogP contribution in [0.2, 0.25) is 0 Å². The lowest BCUT2D eigenvalue weighted by Crippen LogP contribution is -2.27. The van der Waals surface area contributed by atoms with Crippen molar-refractivity contribution in [1.82, 2.24) is 24.5 Å². The van der Waals surface area contributed by atoms with E-state index in [1.807, 2.05) is 11.8 Å². The van der Waals surface area contributed by atoms with Gasteiger partial charge in [0.1, 0.15) is 6.33 Å². The van der Waals surface area contributed by atoms with Gasteiger partial charge in [0.15, 0.2) is 0 Å². The van der Waals surface area contributed by atoms with Crippen LogP contribution >= 0.6 is 0 Å². The van der Waals surface area contributed by atoms with Gasteiger partial charge in [0.2, 0.25) is 17.8 Å². The molecule has 2 rings (SSSR count). The summed E-state index contributed by atoms with van der Waals surface area (Å²) in [6.45, 7) is 3.19. The Labute approximate surface area is 116 Å². The third-order valence-electron chi connectivity index (χ3n) is 2.63. The van der Waals surface area contributed by atoms with Gasteiger partial charge in [0.05, 0.1) is 12.5 Å². The minimum Gasteiger partial charge on any atom is -0.340 e. The number of anilines is 2.